The van der Waals surface area contributed by atoms with Crippen molar-refractivity contribution < 1.29 is 4.79 Å². The van der Waals surface area contributed by atoms with Gasteiger partial charge in [0.15, 0.2) is 0 Å². The van der Waals surface area contributed by atoms with Crippen molar-refractivity contribution >= 4 is 11.6 Å². The first-order valence-electron chi connectivity index (χ1n) is 6.17. The number of benzene rings is 1. The lowest BCUT2D eigenvalue weighted by Gasteiger charge is -2.32. The van der Waals surface area contributed by atoms with Crippen LogP contribution in [0.1, 0.15) is 38.7 Å². The molecule has 0 bridgehead atoms. The lowest BCUT2D eigenvalue weighted by molar-refractivity contribution is -0.126. The van der Waals surface area contributed by atoms with Crippen LogP contribution in [0.15, 0.2) is 24.3 Å². The molecule has 92 valence electrons. The number of nitrogens with two attached hydrogens (primary N) is 1. The molecular weight excluding hydrogens is 212 g/mol. The monoisotopic (exact) mass is 232 g/mol. The van der Waals surface area contributed by atoms with Crippen molar-refractivity contribution in [1.82, 2.24) is 5.32 Å². The van der Waals surface area contributed by atoms with Gasteiger partial charge < -0.3 is 11.1 Å². The summed E-state index contributed by atoms with van der Waals surface area (Å²) in [6.07, 6.45) is 3.46. The minimum Gasteiger partial charge on any atom is -0.399 e. The van der Waals surface area contributed by atoms with Crippen LogP contribution in [0.4, 0.5) is 5.69 Å². The number of carbonyl (C=O) groups is 1. The predicted octanol–water partition coefficient (Wildman–Crippen LogP) is 2.22. The largest absolute Gasteiger partial charge is 0.399 e. The number of amides is 1. The lowest BCUT2D eigenvalue weighted by atomic mass is 9.82. The molecule has 0 aromatic heterocycles. The van der Waals surface area contributed by atoms with Crippen molar-refractivity contribution in [2.45, 2.75) is 44.6 Å². The zero-order valence-corrected chi connectivity index (χ0v) is 10.5. The van der Waals surface area contributed by atoms with E-state index >= 15 is 0 Å². The van der Waals surface area contributed by atoms with Crippen LogP contribution in [0.25, 0.3) is 0 Å². The third kappa shape index (κ3) is 2.43. The van der Waals surface area contributed by atoms with Gasteiger partial charge in [0.2, 0.25) is 5.91 Å². The Morgan fingerprint density at radius 3 is 2.35 bits per heavy atom. The molecule has 17 heavy (non-hydrogen) atoms. The van der Waals surface area contributed by atoms with E-state index in [1.807, 2.05) is 38.1 Å². The Hall–Kier alpha value is -1.51. The Morgan fingerprint density at radius 1 is 1.29 bits per heavy atom. The highest BCUT2D eigenvalue weighted by molar-refractivity contribution is 5.87. The molecule has 1 aromatic carbocycles. The molecule has 1 amide bonds. The summed E-state index contributed by atoms with van der Waals surface area (Å²) in [5.41, 5.74) is 6.89. The van der Waals surface area contributed by atoms with Crippen molar-refractivity contribution in [3.8, 4) is 0 Å². The maximum absolute atomic E-state index is 12.2. The average Bonchev–Trinajstić information content (AvgIpc) is 2.23. The summed E-state index contributed by atoms with van der Waals surface area (Å²) in [5.74, 6) is 0.104. The fourth-order valence-corrected chi connectivity index (χ4v) is 1.95. The number of rotatable bonds is 3. The first kappa shape index (κ1) is 12.0. The highest BCUT2D eigenvalue weighted by Crippen LogP contribution is 2.26. The van der Waals surface area contributed by atoms with Crippen molar-refractivity contribution in [1.29, 1.82) is 0 Å². The van der Waals surface area contributed by atoms with Crippen molar-refractivity contribution in [3.05, 3.63) is 29.8 Å². The number of hydrogen-bond donors (Lipinski definition) is 2. The Balaban J connectivity index is 2.10. The van der Waals surface area contributed by atoms with Gasteiger partial charge >= 0.3 is 0 Å². The normalized spacial score (nSPS) is 16.4. The summed E-state index contributed by atoms with van der Waals surface area (Å²) in [6.45, 7) is 3.90. The summed E-state index contributed by atoms with van der Waals surface area (Å²) in [6, 6.07) is 7.92. The Bertz CT molecular complexity index is 405. The molecule has 0 heterocycles. The van der Waals surface area contributed by atoms with Crippen LogP contribution in [0.5, 0.6) is 0 Å². The summed E-state index contributed by atoms with van der Waals surface area (Å²) in [7, 11) is 0. The van der Waals surface area contributed by atoms with E-state index in [1.165, 1.54) is 6.42 Å². The second-order valence-electron chi connectivity index (χ2n) is 5.35. The van der Waals surface area contributed by atoms with Gasteiger partial charge in [0.1, 0.15) is 0 Å². The van der Waals surface area contributed by atoms with E-state index in [0.29, 0.717) is 6.04 Å². The van der Waals surface area contributed by atoms with Gasteiger partial charge in [-0.3, -0.25) is 4.79 Å². The molecule has 0 saturated heterocycles. The molecule has 3 heteroatoms. The molecule has 1 aliphatic rings. The van der Waals surface area contributed by atoms with Crippen LogP contribution >= 0.6 is 0 Å². The average molecular weight is 232 g/mol. The molecule has 0 aliphatic heterocycles. The quantitative estimate of drug-likeness (QED) is 0.785. The Kier molecular flexibility index (Phi) is 3.09. The maximum Gasteiger partial charge on any atom is 0.230 e. The second-order valence-corrected chi connectivity index (χ2v) is 5.35. The number of nitrogens with one attached hydrogen (secondary N) is 1. The van der Waals surface area contributed by atoms with E-state index in [9.17, 15) is 4.79 Å². The van der Waals surface area contributed by atoms with Gasteiger partial charge in [-0.2, -0.15) is 0 Å². The fraction of sp³-hybridized carbons (Fsp3) is 0.500. The van der Waals surface area contributed by atoms with Crippen LogP contribution < -0.4 is 11.1 Å². The number of anilines is 1. The van der Waals surface area contributed by atoms with E-state index in [2.05, 4.69) is 5.32 Å². The Labute approximate surface area is 102 Å². The second kappa shape index (κ2) is 4.40. The van der Waals surface area contributed by atoms with Crippen LogP contribution in [-0.2, 0) is 10.2 Å². The Morgan fingerprint density at radius 2 is 1.88 bits per heavy atom. The van der Waals surface area contributed by atoms with Gasteiger partial charge in [0.05, 0.1) is 5.41 Å². The molecule has 0 unspecified atom stereocenters. The molecule has 1 aliphatic carbocycles. The van der Waals surface area contributed by atoms with Gasteiger partial charge in [0.25, 0.3) is 0 Å². The SMILES string of the molecule is CC(C)(C(=O)NC1CCC1)c1ccc(N)cc1. The van der Waals surface area contributed by atoms with Gasteiger partial charge in [-0.15, -0.1) is 0 Å². The standard InChI is InChI=1S/C14H20N2O/c1-14(2,10-6-8-11(15)9-7-10)13(17)16-12-4-3-5-12/h6-9,12H,3-5,15H2,1-2H3,(H,16,17). The molecule has 2 rings (SSSR count). The molecule has 1 fully saturated rings. The molecule has 3 N–H and O–H groups in total. The van der Waals surface area contributed by atoms with Crippen LogP contribution in [-0.4, -0.2) is 11.9 Å². The minimum absolute atomic E-state index is 0.104. The van der Waals surface area contributed by atoms with E-state index in [-0.39, 0.29) is 5.91 Å². The summed E-state index contributed by atoms with van der Waals surface area (Å²) in [4.78, 5) is 12.2. The van der Waals surface area contributed by atoms with E-state index in [4.69, 9.17) is 5.73 Å². The third-order valence-corrected chi connectivity index (χ3v) is 3.64. The van der Waals surface area contributed by atoms with E-state index < -0.39 is 5.41 Å². The highest BCUT2D eigenvalue weighted by atomic mass is 16.2. The topological polar surface area (TPSA) is 55.1 Å². The summed E-state index contributed by atoms with van der Waals surface area (Å²) >= 11 is 0. The summed E-state index contributed by atoms with van der Waals surface area (Å²) in [5, 5.41) is 3.10. The number of carbonyl (C=O) groups excluding carboxylic acids is 1. The van der Waals surface area contributed by atoms with Crippen LogP contribution in [0.3, 0.4) is 0 Å². The van der Waals surface area contributed by atoms with E-state index in [1.54, 1.807) is 0 Å². The highest BCUT2D eigenvalue weighted by Gasteiger charge is 2.32. The summed E-state index contributed by atoms with van der Waals surface area (Å²) < 4.78 is 0. The van der Waals surface area contributed by atoms with Crippen LogP contribution in [0, 0.1) is 0 Å². The van der Waals surface area contributed by atoms with Crippen molar-refractivity contribution in [2.24, 2.45) is 0 Å². The predicted molar refractivity (Wildman–Crippen MR) is 69.7 cm³/mol. The van der Waals surface area contributed by atoms with Crippen molar-refractivity contribution in [2.75, 3.05) is 5.73 Å². The van der Waals surface area contributed by atoms with Gasteiger partial charge in [-0.1, -0.05) is 12.1 Å². The molecule has 1 aromatic rings. The van der Waals surface area contributed by atoms with Gasteiger partial charge in [-0.05, 0) is 50.8 Å². The fourth-order valence-electron chi connectivity index (χ4n) is 1.95. The van der Waals surface area contributed by atoms with Gasteiger partial charge in [0, 0.05) is 11.7 Å². The van der Waals surface area contributed by atoms with E-state index in [0.717, 1.165) is 24.1 Å². The molecular formula is C14H20N2O. The lowest BCUT2D eigenvalue weighted by Crippen LogP contribution is -2.47. The third-order valence-electron chi connectivity index (χ3n) is 3.64. The maximum atomic E-state index is 12.2. The number of hydrogen-bond acceptors (Lipinski definition) is 2. The van der Waals surface area contributed by atoms with Crippen LogP contribution in [0.2, 0.25) is 0 Å². The molecule has 0 atom stereocenters. The molecule has 0 spiro atoms. The minimum atomic E-state index is -0.497. The smallest absolute Gasteiger partial charge is 0.230 e. The first-order chi connectivity index (χ1) is 8.00. The molecule has 0 radical (unpaired) electrons. The number of nitrogen functional groups attached to an aromatic ring is 1. The van der Waals surface area contributed by atoms with Gasteiger partial charge in [-0.25, -0.2) is 0 Å². The zero-order valence-electron chi connectivity index (χ0n) is 10.5. The molecule has 1 saturated carbocycles. The molecule has 3 nitrogen and oxygen atoms in total. The zero-order chi connectivity index (χ0) is 12.5. The van der Waals surface area contributed by atoms with Crippen molar-refractivity contribution in [3.63, 3.8) is 0 Å². The first-order valence-corrected chi connectivity index (χ1v) is 6.17.